The van der Waals surface area contributed by atoms with Crippen LogP contribution in [0.15, 0.2) is 5.16 Å². The van der Waals surface area contributed by atoms with Crippen LogP contribution in [0.3, 0.4) is 0 Å². The van der Waals surface area contributed by atoms with Gasteiger partial charge >= 0.3 is 6.09 Å². The largest absolute Gasteiger partial charge is 0.433 e. The molecule has 0 saturated carbocycles. The molecule has 0 rings (SSSR count). The molecule has 0 aromatic heterocycles. The molecule has 1 amide bonds. The Morgan fingerprint density at radius 3 is 3.18 bits per heavy atom. The Morgan fingerprint density at radius 1 is 1.91 bits per heavy atom. The number of hydrogen-bond donors (Lipinski definition) is 1. The van der Waals surface area contributed by atoms with Gasteiger partial charge in [-0.1, -0.05) is 5.16 Å². The maximum atomic E-state index is 10.3. The van der Waals surface area contributed by atoms with Gasteiger partial charge in [0.05, 0.1) is 6.07 Å². The molecule has 0 aliphatic heterocycles. The summed E-state index contributed by atoms with van der Waals surface area (Å²) in [7, 11) is 1.44. The third-order valence-corrected chi connectivity index (χ3v) is 0.800. The van der Waals surface area contributed by atoms with E-state index < -0.39 is 6.09 Å². The van der Waals surface area contributed by atoms with Crippen LogP contribution in [0, 0.1) is 11.3 Å². The lowest BCUT2D eigenvalue weighted by molar-refractivity contribution is 0.153. The molecule has 0 aromatic carbocycles. The molecule has 0 heterocycles. The van der Waals surface area contributed by atoms with Gasteiger partial charge < -0.3 is 5.32 Å². The van der Waals surface area contributed by atoms with Crippen molar-refractivity contribution in [3.8, 4) is 6.07 Å². The zero-order valence-corrected chi connectivity index (χ0v) is 6.20. The number of amides is 1. The minimum Gasteiger partial charge on any atom is -0.323 e. The molecule has 60 valence electrons. The number of nitriles is 1. The summed E-state index contributed by atoms with van der Waals surface area (Å²) in [5.74, 6) is 0. The number of oxime groups is 1. The van der Waals surface area contributed by atoms with Crippen LogP contribution in [-0.4, -0.2) is 19.4 Å². The highest BCUT2D eigenvalue weighted by molar-refractivity contribution is 5.67. The monoisotopic (exact) mass is 155 g/mol. The topological polar surface area (TPSA) is 74.5 Å². The highest BCUT2D eigenvalue weighted by Crippen LogP contribution is 1.82. The summed E-state index contributed by atoms with van der Waals surface area (Å²) in [6.07, 6.45) is 1.63. The molecule has 0 saturated heterocycles. The quantitative estimate of drug-likeness (QED) is 0.281. The van der Waals surface area contributed by atoms with Crippen LogP contribution in [0.1, 0.15) is 12.8 Å². The van der Waals surface area contributed by atoms with E-state index in [4.69, 9.17) is 5.26 Å². The van der Waals surface area contributed by atoms with Crippen molar-refractivity contribution >= 4 is 12.3 Å². The molecular formula is C6H9N3O2. The summed E-state index contributed by atoms with van der Waals surface area (Å²) in [5, 5.41) is 13.6. The van der Waals surface area contributed by atoms with Crippen LogP contribution < -0.4 is 5.32 Å². The minimum absolute atomic E-state index is 0.376. The van der Waals surface area contributed by atoms with Gasteiger partial charge in [0.1, 0.15) is 0 Å². The molecule has 0 aliphatic rings. The van der Waals surface area contributed by atoms with E-state index in [0.717, 1.165) is 0 Å². The van der Waals surface area contributed by atoms with Crippen molar-refractivity contribution < 1.29 is 9.63 Å². The number of rotatable bonds is 3. The molecule has 0 radical (unpaired) electrons. The van der Waals surface area contributed by atoms with E-state index in [1.165, 1.54) is 13.3 Å². The van der Waals surface area contributed by atoms with Crippen molar-refractivity contribution in [3.05, 3.63) is 0 Å². The molecule has 0 unspecified atom stereocenters. The van der Waals surface area contributed by atoms with Crippen LogP contribution in [0.5, 0.6) is 0 Å². The molecular weight excluding hydrogens is 146 g/mol. The Kier molecular flexibility index (Phi) is 5.61. The second-order valence-electron chi connectivity index (χ2n) is 1.61. The van der Waals surface area contributed by atoms with Crippen LogP contribution in [0.4, 0.5) is 4.79 Å². The maximum Gasteiger partial charge on any atom is 0.433 e. The third kappa shape index (κ3) is 6.31. The molecule has 5 heteroatoms. The summed E-state index contributed by atoms with van der Waals surface area (Å²) in [6, 6.07) is 1.92. The van der Waals surface area contributed by atoms with Gasteiger partial charge in [-0.15, -0.1) is 0 Å². The lowest BCUT2D eigenvalue weighted by atomic mass is 10.4. The van der Waals surface area contributed by atoms with Crippen LogP contribution >= 0.6 is 0 Å². The van der Waals surface area contributed by atoms with Gasteiger partial charge in [-0.05, 0) is 6.42 Å². The van der Waals surface area contributed by atoms with Gasteiger partial charge in [-0.25, -0.2) is 4.79 Å². The highest BCUT2D eigenvalue weighted by Gasteiger charge is 1.91. The van der Waals surface area contributed by atoms with Gasteiger partial charge in [0.25, 0.3) is 0 Å². The number of carbonyl (C=O) groups excluding carboxylic acids is 1. The van der Waals surface area contributed by atoms with Gasteiger partial charge in [0.15, 0.2) is 0 Å². The van der Waals surface area contributed by atoms with Crippen molar-refractivity contribution in [2.45, 2.75) is 12.8 Å². The number of nitrogens with one attached hydrogen (secondary N) is 1. The molecule has 0 bridgehead atoms. The van der Waals surface area contributed by atoms with E-state index in [0.29, 0.717) is 12.8 Å². The van der Waals surface area contributed by atoms with E-state index in [-0.39, 0.29) is 0 Å². The number of carbonyl (C=O) groups is 1. The summed E-state index contributed by atoms with van der Waals surface area (Å²) in [6.45, 7) is 0. The fourth-order valence-electron chi connectivity index (χ4n) is 0.313. The lowest BCUT2D eigenvalue weighted by Gasteiger charge is -1.91. The van der Waals surface area contributed by atoms with Gasteiger partial charge in [-0.2, -0.15) is 5.26 Å². The normalized spacial score (nSPS) is 9.09. The fraction of sp³-hybridized carbons (Fsp3) is 0.500. The maximum absolute atomic E-state index is 10.3. The number of hydrogen-bond acceptors (Lipinski definition) is 4. The highest BCUT2D eigenvalue weighted by atomic mass is 16.7. The third-order valence-electron chi connectivity index (χ3n) is 0.800. The van der Waals surface area contributed by atoms with E-state index in [1.807, 2.05) is 6.07 Å². The van der Waals surface area contributed by atoms with Crippen LogP contribution in [-0.2, 0) is 4.84 Å². The van der Waals surface area contributed by atoms with Gasteiger partial charge in [0, 0.05) is 19.7 Å². The SMILES string of the molecule is CNC(=O)O/N=C/CCC#N. The Hall–Kier alpha value is -1.57. The summed E-state index contributed by atoms with van der Waals surface area (Å²) >= 11 is 0. The Bertz CT molecular complexity index is 183. The molecule has 5 nitrogen and oxygen atoms in total. The van der Waals surface area contributed by atoms with E-state index in [9.17, 15) is 4.79 Å². The van der Waals surface area contributed by atoms with E-state index in [2.05, 4.69) is 15.3 Å². The zero-order valence-electron chi connectivity index (χ0n) is 6.20. The first-order valence-corrected chi connectivity index (χ1v) is 3.08. The predicted octanol–water partition coefficient (Wildman–Crippen LogP) is 0.632. The summed E-state index contributed by atoms with van der Waals surface area (Å²) in [4.78, 5) is 14.6. The predicted molar refractivity (Wildman–Crippen MR) is 38.9 cm³/mol. The van der Waals surface area contributed by atoms with E-state index in [1.54, 1.807) is 0 Å². The molecule has 0 fully saturated rings. The zero-order chi connectivity index (χ0) is 8.53. The molecule has 0 atom stereocenters. The molecule has 11 heavy (non-hydrogen) atoms. The molecule has 0 aromatic rings. The summed E-state index contributed by atoms with van der Waals surface area (Å²) in [5.41, 5.74) is 0. The van der Waals surface area contributed by atoms with Gasteiger partial charge in [-0.3, -0.25) is 4.84 Å². The van der Waals surface area contributed by atoms with Gasteiger partial charge in [0.2, 0.25) is 0 Å². The second kappa shape index (κ2) is 6.55. The second-order valence-corrected chi connectivity index (χ2v) is 1.61. The lowest BCUT2D eigenvalue weighted by Crippen LogP contribution is -2.16. The molecule has 0 aliphatic carbocycles. The average Bonchev–Trinajstić information content (AvgIpc) is 2.04. The first-order valence-electron chi connectivity index (χ1n) is 3.08. The van der Waals surface area contributed by atoms with Crippen molar-refractivity contribution in [1.82, 2.24) is 5.32 Å². The fourth-order valence-corrected chi connectivity index (χ4v) is 0.313. The van der Waals surface area contributed by atoms with Crippen molar-refractivity contribution in [1.29, 1.82) is 5.26 Å². The number of nitrogens with zero attached hydrogens (tertiary/aromatic N) is 2. The average molecular weight is 155 g/mol. The smallest absolute Gasteiger partial charge is 0.323 e. The summed E-state index contributed by atoms with van der Waals surface area (Å²) < 4.78 is 0. The molecule has 1 N–H and O–H groups in total. The molecule has 0 spiro atoms. The standard InChI is InChI=1S/C6H9N3O2/c1-8-6(10)11-9-5-3-2-4-7/h5H,2-3H2,1H3,(H,8,10)/b9-5+. The first kappa shape index (κ1) is 9.43. The van der Waals surface area contributed by atoms with Crippen LogP contribution in [0.25, 0.3) is 0 Å². The Morgan fingerprint density at radius 2 is 2.64 bits per heavy atom. The van der Waals surface area contributed by atoms with Crippen LogP contribution in [0.2, 0.25) is 0 Å². The number of unbranched alkanes of at least 4 members (excludes halogenated alkanes) is 1. The van der Waals surface area contributed by atoms with Crippen molar-refractivity contribution in [3.63, 3.8) is 0 Å². The van der Waals surface area contributed by atoms with E-state index >= 15 is 0 Å². The minimum atomic E-state index is -0.613. The first-order chi connectivity index (χ1) is 5.31. The Balaban J connectivity index is 3.31. The Labute approximate surface area is 64.6 Å². The van der Waals surface area contributed by atoms with Crippen molar-refractivity contribution in [2.75, 3.05) is 7.05 Å². The van der Waals surface area contributed by atoms with Crippen molar-refractivity contribution in [2.24, 2.45) is 5.16 Å².